The van der Waals surface area contributed by atoms with Crippen LogP contribution in [0.3, 0.4) is 0 Å². The maximum Gasteiger partial charge on any atom is 0.338 e. The lowest BCUT2D eigenvalue weighted by molar-refractivity contribution is -0.385. The van der Waals surface area contributed by atoms with Crippen molar-refractivity contribution in [2.45, 2.75) is 20.1 Å². The summed E-state index contributed by atoms with van der Waals surface area (Å²) in [7, 11) is -3.81. The molecule has 29 heavy (non-hydrogen) atoms. The van der Waals surface area contributed by atoms with Gasteiger partial charge in [0.25, 0.3) is 5.69 Å². The third-order valence-electron chi connectivity index (χ3n) is 4.28. The average Bonchev–Trinajstić information content (AvgIpc) is 2.91. The first-order chi connectivity index (χ1) is 13.7. The van der Waals surface area contributed by atoms with Gasteiger partial charge in [-0.05, 0) is 42.3 Å². The highest BCUT2D eigenvalue weighted by Crippen LogP contribution is 2.20. The number of nitrogens with one attached hydrogen (secondary N) is 1. The summed E-state index contributed by atoms with van der Waals surface area (Å²) in [5.41, 5.74) is 1.96. The first-order valence-electron chi connectivity index (χ1n) is 8.46. The van der Waals surface area contributed by atoms with Crippen LogP contribution < -0.4 is 4.72 Å². The van der Waals surface area contributed by atoms with Gasteiger partial charge >= 0.3 is 16.2 Å². The number of rotatable bonds is 6. The molecule has 0 atom stereocenters. The normalized spacial score (nSPS) is 15.7. The molecule has 11 heteroatoms. The number of aryl methyl sites for hydroxylation is 1. The predicted octanol–water partition coefficient (Wildman–Crippen LogP) is 1.44. The molecule has 1 N–H and O–H groups in total. The SMILES string of the molecule is Cc1cc(COC(=O)c2ccc(CN3CC(=O)NS3(=O)=O)cc2)ccc1[N+](=O)[O-]. The molecule has 0 aromatic heterocycles. The Labute approximate surface area is 166 Å². The molecule has 1 aliphatic rings. The van der Waals surface area contributed by atoms with Crippen molar-refractivity contribution >= 4 is 27.8 Å². The van der Waals surface area contributed by atoms with E-state index in [0.717, 1.165) is 4.31 Å². The van der Waals surface area contributed by atoms with Crippen LogP contribution in [0.25, 0.3) is 0 Å². The quantitative estimate of drug-likeness (QED) is 0.425. The van der Waals surface area contributed by atoms with Crippen LogP contribution in [0.2, 0.25) is 0 Å². The van der Waals surface area contributed by atoms with E-state index in [1.165, 1.54) is 24.3 Å². The summed E-state index contributed by atoms with van der Waals surface area (Å²) in [6.07, 6.45) is 0. The number of hydrogen-bond donors (Lipinski definition) is 1. The minimum Gasteiger partial charge on any atom is -0.457 e. The fourth-order valence-electron chi connectivity index (χ4n) is 2.82. The summed E-state index contributed by atoms with van der Waals surface area (Å²) < 4.78 is 31.6. The monoisotopic (exact) mass is 419 g/mol. The zero-order valence-corrected chi connectivity index (χ0v) is 16.1. The lowest BCUT2D eigenvalue weighted by Gasteiger charge is -2.12. The fraction of sp³-hybridized carbons (Fsp3) is 0.222. The fourth-order valence-corrected chi connectivity index (χ4v) is 3.91. The number of nitro benzene ring substituents is 1. The van der Waals surface area contributed by atoms with Crippen LogP contribution in [0, 0.1) is 17.0 Å². The highest BCUT2D eigenvalue weighted by atomic mass is 32.2. The summed E-state index contributed by atoms with van der Waals surface area (Å²) in [5, 5.41) is 10.8. The van der Waals surface area contributed by atoms with Crippen LogP contribution in [0.4, 0.5) is 5.69 Å². The molecule has 2 aromatic rings. The van der Waals surface area contributed by atoms with E-state index in [1.807, 2.05) is 4.72 Å². The Balaban J connectivity index is 1.60. The molecule has 1 amide bonds. The van der Waals surface area contributed by atoms with Gasteiger partial charge in [-0.15, -0.1) is 0 Å². The second kappa shape index (κ2) is 7.97. The molecule has 10 nitrogen and oxygen atoms in total. The predicted molar refractivity (Wildman–Crippen MR) is 101 cm³/mol. The standard InChI is InChI=1S/C18H17N3O7S/c1-12-8-14(4-7-16(12)21(24)25)11-28-18(23)15-5-2-13(3-6-15)9-20-10-17(22)19-29(20,26)27/h2-8H,9-11H2,1H3,(H,19,22). The molecule has 1 aliphatic heterocycles. The van der Waals surface area contributed by atoms with Crippen LogP contribution in [-0.4, -0.2) is 36.1 Å². The van der Waals surface area contributed by atoms with Crippen LogP contribution in [0.15, 0.2) is 42.5 Å². The number of esters is 1. The third-order valence-corrected chi connectivity index (χ3v) is 5.70. The number of hydrogen-bond acceptors (Lipinski definition) is 7. The van der Waals surface area contributed by atoms with Crippen LogP contribution in [0.5, 0.6) is 0 Å². The van der Waals surface area contributed by atoms with E-state index in [2.05, 4.69) is 0 Å². The van der Waals surface area contributed by atoms with Gasteiger partial charge < -0.3 is 4.74 Å². The van der Waals surface area contributed by atoms with Gasteiger partial charge in [-0.25, -0.2) is 9.52 Å². The van der Waals surface area contributed by atoms with Crippen molar-refractivity contribution in [3.8, 4) is 0 Å². The molecule has 0 unspecified atom stereocenters. The van der Waals surface area contributed by atoms with Gasteiger partial charge in [-0.3, -0.25) is 14.9 Å². The number of nitrogens with zero attached hydrogens (tertiary/aromatic N) is 2. The van der Waals surface area contributed by atoms with Crippen molar-refractivity contribution in [1.82, 2.24) is 9.03 Å². The van der Waals surface area contributed by atoms with E-state index in [4.69, 9.17) is 4.74 Å². The van der Waals surface area contributed by atoms with Gasteiger partial charge in [0.1, 0.15) is 6.61 Å². The number of ether oxygens (including phenoxy) is 1. The molecular weight excluding hydrogens is 402 g/mol. The average molecular weight is 419 g/mol. The van der Waals surface area contributed by atoms with Crippen LogP contribution in [-0.2, 0) is 32.9 Å². The van der Waals surface area contributed by atoms with E-state index in [9.17, 15) is 28.1 Å². The van der Waals surface area contributed by atoms with Crippen molar-refractivity contribution in [1.29, 1.82) is 0 Å². The minimum atomic E-state index is -3.81. The maximum absolute atomic E-state index is 12.2. The van der Waals surface area contributed by atoms with Crippen molar-refractivity contribution in [3.63, 3.8) is 0 Å². The van der Waals surface area contributed by atoms with Crippen molar-refractivity contribution in [2.24, 2.45) is 0 Å². The molecule has 1 heterocycles. The van der Waals surface area contributed by atoms with Gasteiger partial charge in [0.2, 0.25) is 5.91 Å². The Morgan fingerprint density at radius 3 is 2.41 bits per heavy atom. The molecule has 0 spiro atoms. The van der Waals surface area contributed by atoms with Crippen molar-refractivity contribution in [3.05, 3.63) is 74.8 Å². The molecule has 0 radical (unpaired) electrons. The van der Waals surface area contributed by atoms with Gasteiger partial charge in [0.05, 0.1) is 17.0 Å². The number of amides is 1. The first-order valence-corrected chi connectivity index (χ1v) is 9.90. The summed E-state index contributed by atoms with van der Waals surface area (Å²) in [4.78, 5) is 33.8. The molecule has 0 aliphatic carbocycles. The van der Waals surface area contributed by atoms with Gasteiger partial charge in [-0.2, -0.15) is 12.7 Å². The third kappa shape index (κ3) is 4.76. The zero-order valence-electron chi connectivity index (χ0n) is 15.3. The summed E-state index contributed by atoms with van der Waals surface area (Å²) in [6, 6.07) is 10.6. The molecule has 0 bridgehead atoms. The van der Waals surface area contributed by atoms with E-state index in [1.54, 1.807) is 25.1 Å². The lowest BCUT2D eigenvalue weighted by atomic mass is 10.1. The summed E-state index contributed by atoms with van der Waals surface area (Å²) in [5.74, 6) is -1.18. The van der Waals surface area contributed by atoms with Gasteiger partial charge in [-0.1, -0.05) is 12.1 Å². The number of carbonyl (C=O) groups is 2. The Hall–Kier alpha value is -3.31. The molecule has 1 saturated heterocycles. The smallest absolute Gasteiger partial charge is 0.338 e. The minimum absolute atomic E-state index is 0.00152. The van der Waals surface area contributed by atoms with Crippen LogP contribution >= 0.6 is 0 Å². The lowest BCUT2D eigenvalue weighted by Crippen LogP contribution is -2.29. The second-order valence-electron chi connectivity index (χ2n) is 6.45. The molecular formula is C18H17N3O7S. The molecule has 3 rings (SSSR count). The highest BCUT2D eigenvalue weighted by Gasteiger charge is 2.33. The van der Waals surface area contributed by atoms with Crippen LogP contribution in [0.1, 0.15) is 27.0 Å². The van der Waals surface area contributed by atoms with E-state index >= 15 is 0 Å². The number of nitro groups is 1. The van der Waals surface area contributed by atoms with E-state index < -0.39 is 27.0 Å². The largest absolute Gasteiger partial charge is 0.457 e. The van der Waals surface area contributed by atoms with Crippen molar-refractivity contribution < 1.29 is 27.7 Å². The summed E-state index contributed by atoms with van der Waals surface area (Å²) >= 11 is 0. The van der Waals surface area contributed by atoms with E-state index in [-0.39, 0.29) is 30.9 Å². The second-order valence-corrected chi connectivity index (χ2v) is 8.12. The van der Waals surface area contributed by atoms with E-state index in [0.29, 0.717) is 16.7 Å². The van der Waals surface area contributed by atoms with Crippen molar-refractivity contribution in [2.75, 3.05) is 6.54 Å². The first kappa shape index (κ1) is 20.4. The zero-order chi connectivity index (χ0) is 21.2. The number of carbonyl (C=O) groups excluding carboxylic acids is 2. The topological polar surface area (TPSA) is 136 Å². The molecule has 1 fully saturated rings. The Kier molecular flexibility index (Phi) is 5.62. The highest BCUT2D eigenvalue weighted by molar-refractivity contribution is 7.88. The van der Waals surface area contributed by atoms with Gasteiger partial charge in [0.15, 0.2) is 0 Å². The molecule has 0 saturated carbocycles. The molecule has 2 aromatic carbocycles. The summed E-state index contributed by atoms with van der Waals surface area (Å²) in [6.45, 7) is 1.31. The maximum atomic E-state index is 12.2. The Bertz CT molecular complexity index is 1080. The molecule has 152 valence electrons. The number of benzene rings is 2. The Morgan fingerprint density at radius 1 is 1.21 bits per heavy atom. The Morgan fingerprint density at radius 2 is 1.86 bits per heavy atom. The van der Waals surface area contributed by atoms with Gasteiger partial charge in [0, 0.05) is 18.2 Å².